The van der Waals surface area contributed by atoms with E-state index in [0.29, 0.717) is 5.69 Å². The van der Waals surface area contributed by atoms with Gasteiger partial charge in [0.2, 0.25) is 0 Å². The molecular weight excluding hydrogens is 265 g/mol. The summed E-state index contributed by atoms with van der Waals surface area (Å²) >= 11 is 0. The average Bonchev–Trinajstić information content (AvgIpc) is 2.74. The van der Waals surface area contributed by atoms with Crippen molar-refractivity contribution in [2.24, 2.45) is 0 Å². The first-order valence-corrected chi connectivity index (χ1v) is 6.97. The number of rotatable bonds is 3. The van der Waals surface area contributed by atoms with Crippen molar-refractivity contribution in [3.63, 3.8) is 0 Å². The van der Waals surface area contributed by atoms with Gasteiger partial charge in [-0.05, 0) is 19.4 Å². The fourth-order valence-corrected chi connectivity index (χ4v) is 2.19. The Kier molecular flexibility index (Phi) is 3.84. The summed E-state index contributed by atoms with van der Waals surface area (Å²) in [5.74, 6) is 0. The molecule has 1 heterocycles. The number of hydrogen-bond donors (Lipinski definition) is 0. The summed E-state index contributed by atoms with van der Waals surface area (Å²) < 4.78 is 16.0. The van der Waals surface area contributed by atoms with Crippen molar-refractivity contribution in [1.82, 2.24) is 9.78 Å². The number of aromatic nitrogens is 2. The van der Waals surface area contributed by atoms with Crippen molar-refractivity contribution in [3.8, 4) is 11.1 Å². The van der Waals surface area contributed by atoms with Crippen LogP contribution in [0.3, 0.4) is 0 Å². The molecule has 5 heteroatoms. The molecule has 0 spiro atoms. The lowest BCUT2D eigenvalue weighted by molar-refractivity contribution is 0.405. The van der Waals surface area contributed by atoms with Crippen molar-refractivity contribution in [3.05, 3.63) is 42.2 Å². The summed E-state index contributed by atoms with van der Waals surface area (Å²) in [4.78, 5) is 0. The lowest BCUT2D eigenvalue weighted by Gasteiger charge is -2.13. The van der Waals surface area contributed by atoms with Crippen LogP contribution in [-0.4, -0.2) is 9.78 Å². The Morgan fingerprint density at radius 3 is 2.33 bits per heavy atom. The molecule has 2 aromatic rings. The zero-order valence-electron chi connectivity index (χ0n) is 10.5. The minimum Gasteiger partial charge on any atom is -0.269 e. The molecule has 96 valence electrons. The highest BCUT2D eigenvalue weighted by Gasteiger charge is 2.28. The second-order valence-corrected chi connectivity index (χ2v) is 6.95. The lowest BCUT2D eigenvalue weighted by atomic mass is 10.1. The van der Waals surface area contributed by atoms with Gasteiger partial charge < -0.3 is 0 Å². The van der Waals surface area contributed by atoms with Gasteiger partial charge in [-0.15, -0.1) is 0 Å². The van der Waals surface area contributed by atoms with Gasteiger partial charge in [0.1, 0.15) is 5.69 Å². The third-order valence-corrected chi connectivity index (χ3v) is 3.26. The first kappa shape index (κ1) is 13.6. The summed E-state index contributed by atoms with van der Waals surface area (Å²) in [6.07, 6.45) is 1.90. The second-order valence-electron chi connectivity index (χ2n) is 4.60. The van der Waals surface area contributed by atoms with Crippen LogP contribution >= 0.6 is 18.5 Å². The number of hydrogen-bond acceptors (Lipinski definition) is 1. The highest BCUT2D eigenvalue weighted by Crippen LogP contribution is 2.43. The minimum absolute atomic E-state index is 0.207. The maximum atomic E-state index is 14.2. The molecule has 1 aromatic carbocycles. The zero-order chi connectivity index (χ0) is 13.3. The van der Waals surface area contributed by atoms with E-state index in [0.717, 1.165) is 11.1 Å². The predicted molar refractivity (Wildman–Crippen MR) is 80.3 cm³/mol. The summed E-state index contributed by atoms with van der Waals surface area (Å²) in [5, 5.41) is 2.75. The van der Waals surface area contributed by atoms with E-state index in [2.05, 4.69) is 23.6 Å². The topological polar surface area (TPSA) is 17.8 Å². The molecule has 0 radical (unpaired) electrons. The number of nitrogens with zero attached hydrogens (tertiary/aromatic N) is 2. The average molecular weight is 282 g/mol. The standard InChI is InChI=1S/C13H17FN2P2/c1-9(2)16-8-11(10-6-4-3-5-7-10)12(15-16)13(14,17)18/h3-9H,17-18H2,1-2H3. The maximum Gasteiger partial charge on any atom is 0.179 e. The van der Waals surface area contributed by atoms with E-state index in [-0.39, 0.29) is 6.04 Å². The Morgan fingerprint density at radius 2 is 1.83 bits per heavy atom. The Balaban J connectivity index is 2.59. The number of halogens is 1. The van der Waals surface area contributed by atoms with E-state index in [4.69, 9.17) is 0 Å². The van der Waals surface area contributed by atoms with Crippen LogP contribution in [0.4, 0.5) is 4.39 Å². The number of alkyl halides is 1. The molecule has 2 unspecified atom stereocenters. The van der Waals surface area contributed by atoms with Crippen molar-refractivity contribution in [2.75, 3.05) is 0 Å². The largest absolute Gasteiger partial charge is 0.269 e. The summed E-state index contributed by atoms with van der Waals surface area (Å²) in [6, 6.07) is 9.96. The van der Waals surface area contributed by atoms with Crippen LogP contribution in [0.2, 0.25) is 0 Å². The fraction of sp³-hybridized carbons (Fsp3) is 0.308. The second kappa shape index (κ2) is 5.07. The first-order valence-electron chi connectivity index (χ1n) is 5.81. The Hall–Kier alpha value is -0.780. The summed E-state index contributed by atoms with van der Waals surface area (Å²) in [7, 11) is 4.36. The van der Waals surface area contributed by atoms with Gasteiger partial charge in [-0.2, -0.15) is 5.10 Å². The Morgan fingerprint density at radius 1 is 1.22 bits per heavy atom. The van der Waals surface area contributed by atoms with Crippen molar-refractivity contribution in [1.29, 1.82) is 0 Å². The van der Waals surface area contributed by atoms with E-state index >= 15 is 0 Å². The molecule has 0 saturated heterocycles. The molecule has 0 saturated carbocycles. The molecule has 1 aromatic heterocycles. The van der Waals surface area contributed by atoms with Gasteiger partial charge >= 0.3 is 0 Å². The van der Waals surface area contributed by atoms with Gasteiger partial charge in [0.15, 0.2) is 5.15 Å². The van der Waals surface area contributed by atoms with Gasteiger partial charge in [0.25, 0.3) is 0 Å². The SMILES string of the molecule is CC(C)n1cc(-c2ccccc2)c(C(F)(P)P)n1. The molecule has 0 N–H and O–H groups in total. The quantitative estimate of drug-likeness (QED) is 0.779. The van der Waals surface area contributed by atoms with Gasteiger partial charge in [0, 0.05) is 17.8 Å². The Labute approximate surface area is 111 Å². The van der Waals surface area contributed by atoms with Gasteiger partial charge in [-0.25, -0.2) is 4.39 Å². The molecule has 0 aliphatic heterocycles. The lowest BCUT2D eigenvalue weighted by Crippen LogP contribution is -2.06. The summed E-state index contributed by atoms with van der Waals surface area (Å²) in [6.45, 7) is 4.05. The van der Waals surface area contributed by atoms with Crippen molar-refractivity contribution < 1.29 is 4.39 Å². The molecule has 0 fully saturated rings. The molecule has 18 heavy (non-hydrogen) atoms. The highest BCUT2D eigenvalue weighted by atomic mass is 31.1. The highest BCUT2D eigenvalue weighted by molar-refractivity contribution is 7.38. The van der Waals surface area contributed by atoms with Crippen LogP contribution in [-0.2, 0) is 5.15 Å². The smallest absolute Gasteiger partial charge is 0.179 e. The van der Waals surface area contributed by atoms with E-state index in [9.17, 15) is 4.39 Å². The van der Waals surface area contributed by atoms with Gasteiger partial charge in [-0.1, -0.05) is 48.8 Å². The van der Waals surface area contributed by atoms with Crippen molar-refractivity contribution in [2.45, 2.75) is 25.0 Å². The number of benzene rings is 1. The van der Waals surface area contributed by atoms with Crippen LogP contribution in [0.1, 0.15) is 25.6 Å². The minimum atomic E-state index is -1.61. The van der Waals surface area contributed by atoms with E-state index in [1.807, 2.05) is 50.4 Å². The fourth-order valence-electron chi connectivity index (χ4n) is 1.77. The normalized spacial score (nSPS) is 12.1. The molecule has 2 rings (SSSR count). The summed E-state index contributed by atoms with van der Waals surface area (Å²) in [5.41, 5.74) is 2.24. The molecule has 0 bridgehead atoms. The predicted octanol–water partition coefficient (Wildman–Crippen LogP) is 3.96. The molecular formula is C13H17FN2P2. The maximum absolute atomic E-state index is 14.2. The monoisotopic (exact) mass is 282 g/mol. The Bertz CT molecular complexity index is 530. The van der Waals surface area contributed by atoms with E-state index in [1.54, 1.807) is 4.68 Å². The molecule has 0 aliphatic rings. The van der Waals surface area contributed by atoms with E-state index < -0.39 is 5.15 Å². The van der Waals surface area contributed by atoms with Gasteiger partial charge in [0.05, 0.1) is 0 Å². The third kappa shape index (κ3) is 2.79. The molecule has 2 nitrogen and oxygen atoms in total. The molecule has 2 atom stereocenters. The third-order valence-electron chi connectivity index (χ3n) is 2.71. The van der Waals surface area contributed by atoms with E-state index in [1.165, 1.54) is 0 Å². The van der Waals surface area contributed by atoms with Crippen LogP contribution in [0, 0.1) is 0 Å². The van der Waals surface area contributed by atoms with Crippen LogP contribution in [0.25, 0.3) is 11.1 Å². The van der Waals surface area contributed by atoms with Crippen LogP contribution in [0.5, 0.6) is 0 Å². The van der Waals surface area contributed by atoms with Gasteiger partial charge in [-0.3, -0.25) is 4.68 Å². The van der Waals surface area contributed by atoms with Crippen molar-refractivity contribution >= 4 is 18.5 Å². The van der Waals surface area contributed by atoms with Crippen LogP contribution in [0.15, 0.2) is 36.5 Å². The first-order chi connectivity index (χ1) is 8.39. The van der Waals surface area contributed by atoms with Crippen LogP contribution < -0.4 is 0 Å². The zero-order valence-corrected chi connectivity index (χ0v) is 12.8. The molecule has 0 amide bonds. The molecule has 0 aliphatic carbocycles.